The predicted octanol–water partition coefficient (Wildman–Crippen LogP) is 3.91. The highest BCUT2D eigenvalue weighted by Crippen LogP contribution is 2.32. The fourth-order valence-corrected chi connectivity index (χ4v) is 2.56. The molecule has 2 aromatic heterocycles. The van der Waals surface area contributed by atoms with E-state index in [2.05, 4.69) is 28.4 Å². The molecule has 0 spiro atoms. The summed E-state index contributed by atoms with van der Waals surface area (Å²) in [5.74, 6) is 0.822. The number of anilines is 1. The first-order valence-electron chi connectivity index (χ1n) is 6.45. The number of pyridine rings is 1. The van der Waals surface area contributed by atoms with Gasteiger partial charge in [0.2, 0.25) is 0 Å². The lowest BCUT2D eigenvalue weighted by Gasteiger charge is -2.14. The topological polar surface area (TPSA) is 56.7 Å². The molecule has 0 atom stereocenters. The molecule has 20 heavy (non-hydrogen) atoms. The van der Waals surface area contributed by atoms with E-state index in [4.69, 9.17) is 17.3 Å². The molecule has 3 rings (SSSR count). The fraction of sp³-hybridized carbons (Fsp3) is 0.200. The zero-order chi connectivity index (χ0) is 14.3. The largest absolute Gasteiger partial charge is 0.398 e. The van der Waals surface area contributed by atoms with Gasteiger partial charge in [0, 0.05) is 28.5 Å². The molecular formula is C15H15ClN4. The molecule has 4 nitrogen and oxygen atoms in total. The molecule has 0 saturated carbocycles. The predicted molar refractivity (Wildman–Crippen MR) is 82.8 cm³/mol. The molecule has 102 valence electrons. The first-order chi connectivity index (χ1) is 9.58. The van der Waals surface area contributed by atoms with E-state index in [1.165, 1.54) is 0 Å². The van der Waals surface area contributed by atoms with Gasteiger partial charge in [-0.3, -0.25) is 4.98 Å². The van der Waals surface area contributed by atoms with Crippen LogP contribution in [0.2, 0.25) is 5.02 Å². The number of hydrogen-bond acceptors (Lipinski definition) is 3. The van der Waals surface area contributed by atoms with Gasteiger partial charge in [0.1, 0.15) is 11.3 Å². The molecular weight excluding hydrogens is 272 g/mol. The maximum Gasteiger partial charge on any atom is 0.143 e. The quantitative estimate of drug-likeness (QED) is 0.727. The summed E-state index contributed by atoms with van der Waals surface area (Å²) in [6.45, 7) is 4.23. The highest BCUT2D eigenvalue weighted by Gasteiger charge is 2.16. The van der Waals surface area contributed by atoms with E-state index in [-0.39, 0.29) is 6.04 Å². The van der Waals surface area contributed by atoms with Crippen molar-refractivity contribution >= 4 is 28.3 Å². The van der Waals surface area contributed by atoms with E-state index in [1.54, 1.807) is 24.5 Å². The first kappa shape index (κ1) is 12.9. The van der Waals surface area contributed by atoms with Crippen LogP contribution in [0.5, 0.6) is 0 Å². The molecule has 0 radical (unpaired) electrons. The molecule has 5 heteroatoms. The smallest absolute Gasteiger partial charge is 0.143 e. The van der Waals surface area contributed by atoms with Crippen LogP contribution < -0.4 is 5.73 Å². The van der Waals surface area contributed by atoms with E-state index < -0.39 is 0 Å². The standard InChI is InChI=1S/C15H15ClN4/c1-9(2)20-14-5-6-18-8-13(14)19-15(20)11-7-10(16)3-4-12(11)17/h3-9H,17H2,1-2H3. The number of nitrogens with two attached hydrogens (primary N) is 1. The number of halogens is 1. The molecule has 0 amide bonds. The van der Waals surface area contributed by atoms with E-state index in [0.717, 1.165) is 22.4 Å². The van der Waals surface area contributed by atoms with Crippen LogP contribution in [-0.2, 0) is 0 Å². The Morgan fingerprint density at radius 3 is 2.80 bits per heavy atom. The lowest BCUT2D eigenvalue weighted by atomic mass is 10.1. The maximum atomic E-state index is 6.09. The van der Waals surface area contributed by atoms with Crippen LogP contribution in [-0.4, -0.2) is 14.5 Å². The van der Waals surface area contributed by atoms with Gasteiger partial charge in [0.15, 0.2) is 0 Å². The van der Waals surface area contributed by atoms with Gasteiger partial charge in [-0.2, -0.15) is 0 Å². The summed E-state index contributed by atoms with van der Waals surface area (Å²) >= 11 is 6.09. The lowest BCUT2D eigenvalue weighted by molar-refractivity contribution is 0.624. The summed E-state index contributed by atoms with van der Waals surface area (Å²) in [6, 6.07) is 7.66. The summed E-state index contributed by atoms with van der Waals surface area (Å²) in [4.78, 5) is 8.80. The fourth-order valence-electron chi connectivity index (χ4n) is 2.39. The van der Waals surface area contributed by atoms with Gasteiger partial charge in [0.05, 0.1) is 11.7 Å². The van der Waals surface area contributed by atoms with Gasteiger partial charge >= 0.3 is 0 Å². The number of imidazole rings is 1. The zero-order valence-corrected chi connectivity index (χ0v) is 12.1. The maximum absolute atomic E-state index is 6.09. The van der Waals surface area contributed by atoms with Crippen LogP contribution in [0.15, 0.2) is 36.7 Å². The zero-order valence-electron chi connectivity index (χ0n) is 11.3. The Balaban J connectivity index is 2.35. The van der Waals surface area contributed by atoms with Crippen molar-refractivity contribution in [2.75, 3.05) is 5.73 Å². The van der Waals surface area contributed by atoms with Gasteiger partial charge < -0.3 is 10.3 Å². The molecule has 2 heterocycles. The SMILES string of the molecule is CC(C)n1c(-c2cc(Cl)ccc2N)nc2cnccc21. The summed E-state index contributed by atoms with van der Waals surface area (Å²) in [7, 11) is 0. The summed E-state index contributed by atoms with van der Waals surface area (Å²) in [5.41, 5.74) is 9.50. The summed E-state index contributed by atoms with van der Waals surface area (Å²) in [5, 5.41) is 0.648. The highest BCUT2D eigenvalue weighted by atomic mass is 35.5. The van der Waals surface area contributed by atoms with Gasteiger partial charge in [-0.1, -0.05) is 11.6 Å². The minimum atomic E-state index is 0.260. The van der Waals surface area contributed by atoms with E-state index >= 15 is 0 Å². The molecule has 0 bridgehead atoms. The van der Waals surface area contributed by atoms with Gasteiger partial charge in [0.25, 0.3) is 0 Å². The van der Waals surface area contributed by atoms with Gasteiger partial charge in [-0.25, -0.2) is 4.98 Å². The third-order valence-corrected chi connectivity index (χ3v) is 3.50. The van der Waals surface area contributed by atoms with E-state index in [0.29, 0.717) is 10.7 Å². The third-order valence-electron chi connectivity index (χ3n) is 3.26. The molecule has 0 aliphatic rings. The Morgan fingerprint density at radius 1 is 1.25 bits per heavy atom. The van der Waals surface area contributed by atoms with Crippen LogP contribution in [0.1, 0.15) is 19.9 Å². The number of aromatic nitrogens is 3. The van der Waals surface area contributed by atoms with E-state index in [9.17, 15) is 0 Å². The average Bonchev–Trinajstić information content (AvgIpc) is 2.80. The second-order valence-electron chi connectivity index (χ2n) is 5.00. The molecule has 0 aliphatic heterocycles. The Kier molecular flexibility index (Phi) is 3.10. The Labute approximate surface area is 122 Å². The van der Waals surface area contributed by atoms with Crippen LogP contribution in [0.4, 0.5) is 5.69 Å². The molecule has 0 unspecified atom stereocenters. The molecule has 0 aliphatic carbocycles. The van der Waals surface area contributed by atoms with Crippen molar-refractivity contribution < 1.29 is 0 Å². The number of fused-ring (bicyclic) bond motifs is 1. The number of hydrogen-bond donors (Lipinski definition) is 1. The summed E-state index contributed by atoms with van der Waals surface area (Å²) in [6.07, 6.45) is 3.53. The molecule has 0 saturated heterocycles. The normalized spacial score (nSPS) is 11.4. The van der Waals surface area contributed by atoms with Crippen molar-refractivity contribution in [2.45, 2.75) is 19.9 Å². The van der Waals surface area contributed by atoms with Gasteiger partial charge in [-0.15, -0.1) is 0 Å². The second kappa shape index (κ2) is 4.80. The average molecular weight is 287 g/mol. The Bertz CT molecular complexity index is 777. The third kappa shape index (κ3) is 2.02. The van der Waals surface area contributed by atoms with Crippen LogP contribution in [0.3, 0.4) is 0 Å². The van der Waals surface area contributed by atoms with Gasteiger partial charge in [-0.05, 0) is 38.1 Å². The van der Waals surface area contributed by atoms with Crippen LogP contribution >= 0.6 is 11.6 Å². The van der Waals surface area contributed by atoms with Crippen LogP contribution in [0, 0.1) is 0 Å². The van der Waals surface area contributed by atoms with E-state index in [1.807, 2.05) is 12.1 Å². The minimum Gasteiger partial charge on any atom is -0.398 e. The first-order valence-corrected chi connectivity index (χ1v) is 6.83. The molecule has 1 aromatic carbocycles. The highest BCUT2D eigenvalue weighted by molar-refractivity contribution is 6.31. The lowest BCUT2D eigenvalue weighted by Crippen LogP contribution is -2.04. The second-order valence-corrected chi connectivity index (χ2v) is 5.43. The monoisotopic (exact) mass is 286 g/mol. The molecule has 2 N–H and O–H groups in total. The van der Waals surface area contributed by atoms with Crippen molar-refractivity contribution in [1.82, 2.24) is 14.5 Å². The van der Waals surface area contributed by atoms with Crippen molar-refractivity contribution in [3.8, 4) is 11.4 Å². The number of nitrogen functional groups attached to an aromatic ring is 1. The number of benzene rings is 1. The molecule has 3 aromatic rings. The number of rotatable bonds is 2. The Hall–Kier alpha value is -2.07. The van der Waals surface area contributed by atoms with Crippen molar-refractivity contribution in [1.29, 1.82) is 0 Å². The number of nitrogens with zero attached hydrogens (tertiary/aromatic N) is 3. The van der Waals surface area contributed by atoms with Crippen molar-refractivity contribution in [3.63, 3.8) is 0 Å². The molecule has 0 fully saturated rings. The van der Waals surface area contributed by atoms with Crippen LogP contribution in [0.25, 0.3) is 22.4 Å². The summed E-state index contributed by atoms with van der Waals surface area (Å²) < 4.78 is 2.15. The van der Waals surface area contributed by atoms with Crippen molar-refractivity contribution in [3.05, 3.63) is 41.7 Å². The Morgan fingerprint density at radius 2 is 2.05 bits per heavy atom. The minimum absolute atomic E-state index is 0.260. The van der Waals surface area contributed by atoms with Crippen molar-refractivity contribution in [2.24, 2.45) is 0 Å².